The van der Waals surface area contributed by atoms with Crippen LogP contribution in [0.2, 0.25) is 0 Å². The molecule has 1 N–H and O–H groups in total. The van der Waals surface area contributed by atoms with E-state index in [0.717, 1.165) is 6.08 Å². The number of ether oxygens (including phenoxy) is 1. The molecule has 7 nitrogen and oxygen atoms in total. The fourth-order valence-corrected chi connectivity index (χ4v) is 2.67. The summed E-state index contributed by atoms with van der Waals surface area (Å²) < 4.78 is 36.1. The minimum Gasteiger partial charge on any atom is -0.497 e. The molecule has 0 spiro atoms. The van der Waals surface area contributed by atoms with E-state index in [1.165, 1.54) is 37.6 Å². The smallest absolute Gasteiger partial charge is 0.275 e. The molecule has 0 bridgehead atoms. The molecule has 0 saturated carbocycles. The fourth-order valence-electron chi connectivity index (χ4n) is 1.67. The van der Waals surface area contributed by atoms with Gasteiger partial charge in [-0.2, -0.15) is 5.26 Å². The molecule has 0 aliphatic rings. The zero-order valence-electron chi connectivity index (χ0n) is 12.0. The largest absolute Gasteiger partial charge is 0.497 e. The average molecular weight is 332 g/mol. The minimum absolute atomic E-state index is 0.152. The lowest BCUT2D eigenvalue weighted by Gasteiger charge is -2.07. The van der Waals surface area contributed by atoms with Crippen LogP contribution in [-0.2, 0) is 14.8 Å². The van der Waals surface area contributed by atoms with E-state index >= 15 is 0 Å². The number of carbonyl (C=O) groups is 1. The number of nitrogens with one attached hydrogen (secondary N) is 1. The van der Waals surface area contributed by atoms with E-state index in [-0.39, 0.29) is 10.7 Å². The molecule has 118 valence electrons. The zero-order valence-corrected chi connectivity index (χ0v) is 12.8. The quantitative estimate of drug-likeness (QED) is 0.659. The van der Waals surface area contributed by atoms with Crippen LogP contribution < -0.4 is 9.46 Å². The van der Waals surface area contributed by atoms with Crippen molar-refractivity contribution in [2.45, 2.75) is 4.90 Å². The number of furan rings is 1. The molecule has 0 aliphatic heterocycles. The highest BCUT2D eigenvalue weighted by atomic mass is 32.2. The molecule has 0 radical (unpaired) electrons. The number of nitrogens with zero attached hydrogens (tertiary/aromatic N) is 1. The maximum Gasteiger partial charge on any atom is 0.275 e. The number of rotatable bonds is 5. The first-order chi connectivity index (χ1) is 11.0. The second-order valence-electron chi connectivity index (χ2n) is 4.30. The Labute approximate surface area is 132 Å². The van der Waals surface area contributed by atoms with E-state index < -0.39 is 21.5 Å². The van der Waals surface area contributed by atoms with Gasteiger partial charge < -0.3 is 9.15 Å². The van der Waals surface area contributed by atoms with Gasteiger partial charge in [-0.1, -0.05) is 6.07 Å². The lowest BCUT2D eigenvalue weighted by Crippen LogP contribution is -2.31. The Bertz CT molecular complexity index is 877. The van der Waals surface area contributed by atoms with E-state index in [4.69, 9.17) is 14.4 Å². The van der Waals surface area contributed by atoms with Crippen molar-refractivity contribution < 1.29 is 22.4 Å². The monoisotopic (exact) mass is 332 g/mol. The van der Waals surface area contributed by atoms with Gasteiger partial charge in [-0.05, 0) is 24.3 Å². The summed E-state index contributed by atoms with van der Waals surface area (Å²) in [4.78, 5) is 11.8. The molecule has 2 rings (SSSR count). The van der Waals surface area contributed by atoms with E-state index in [1.54, 1.807) is 18.2 Å². The Kier molecular flexibility index (Phi) is 4.83. The Morgan fingerprint density at radius 1 is 1.35 bits per heavy atom. The first-order valence-corrected chi connectivity index (χ1v) is 7.81. The van der Waals surface area contributed by atoms with Gasteiger partial charge in [-0.15, -0.1) is 0 Å². The second-order valence-corrected chi connectivity index (χ2v) is 5.98. The van der Waals surface area contributed by atoms with Crippen LogP contribution in [0.5, 0.6) is 5.75 Å². The molecule has 1 heterocycles. The predicted octanol–water partition coefficient (Wildman–Crippen LogP) is 1.70. The molecule has 2 aromatic rings. The van der Waals surface area contributed by atoms with E-state index in [2.05, 4.69) is 0 Å². The Hall–Kier alpha value is -3.05. The normalized spacial score (nSPS) is 11.6. The van der Waals surface area contributed by atoms with Crippen LogP contribution >= 0.6 is 0 Å². The molecule has 1 aromatic carbocycles. The maximum absolute atomic E-state index is 12.2. The average Bonchev–Trinajstić information content (AvgIpc) is 3.05. The van der Waals surface area contributed by atoms with Crippen molar-refractivity contribution in [3.05, 3.63) is 54.0 Å². The third-order valence-electron chi connectivity index (χ3n) is 2.77. The second kappa shape index (κ2) is 6.81. The summed E-state index contributed by atoms with van der Waals surface area (Å²) in [5, 5.41) is 9.01. The van der Waals surface area contributed by atoms with Gasteiger partial charge in [0.25, 0.3) is 15.9 Å². The van der Waals surface area contributed by atoms with Crippen molar-refractivity contribution in [2.75, 3.05) is 7.11 Å². The first kappa shape index (κ1) is 16.3. The van der Waals surface area contributed by atoms with Crippen LogP contribution in [-0.4, -0.2) is 21.4 Å². The molecule has 23 heavy (non-hydrogen) atoms. The van der Waals surface area contributed by atoms with Crippen LogP contribution in [0.25, 0.3) is 6.08 Å². The summed E-state index contributed by atoms with van der Waals surface area (Å²) in [7, 11) is -2.74. The van der Waals surface area contributed by atoms with Gasteiger partial charge >= 0.3 is 0 Å². The topological polar surface area (TPSA) is 109 Å². The number of amides is 1. The number of carbonyl (C=O) groups excluding carboxylic acids is 1. The molecule has 1 amide bonds. The van der Waals surface area contributed by atoms with Gasteiger partial charge in [0.05, 0.1) is 18.3 Å². The number of hydrogen-bond donors (Lipinski definition) is 1. The first-order valence-electron chi connectivity index (χ1n) is 6.33. The molecule has 8 heteroatoms. The molecule has 0 fully saturated rings. The predicted molar refractivity (Wildman–Crippen MR) is 80.6 cm³/mol. The van der Waals surface area contributed by atoms with Crippen LogP contribution in [0.1, 0.15) is 5.76 Å². The lowest BCUT2D eigenvalue weighted by atomic mass is 10.2. The van der Waals surface area contributed by atoms with E-state index in [9.17, 15) is 13.2 Å². The van der Waals surface area contributed by atoms with Crippen LogP contribution in [0.4, 0.5) is 0 Å². The molecule has 0 unspecified atom stereocenters. The highest BCUT2D eigenvalue weighted by Gasteiger charge is 2.21. The Morgan fingerprint density at radius 2 is 2.13 bits per heavy atom. The highest BCUT2D eigenvalue weighted by Crippen LogP contribution is 2.17. The summed E-state index contributed by atoms with van der Waals surface area (Å²) >= 11 is 0. The summed E-state index contributed by atoms with van der Waals surface area (Å²) in [6, 6.07) is 10.4. The van der Waals surface area contributed by atoms with Gasteiger partial charge in [0.15, 0.2) is 0 Å². The summed E-state index contributed by atoms with van der Waals surface area (Å²) in [5.74, 6) is -0.464. The van der Waals surface area contributed by atoms with Crippen LogP contribution in [0.3, 0.4) is 0 Å². The lowest BCUT2D eigenvalue weighted by molar-refractivity contribution is -0.115. The van der Waals surface area contributed by atoms with Crippen molar-refractivity contribution in [1.29, 1.82) is 5.26 Å². The van der Waals surface area contributed by atoms with Crippen molar-refractivity contribution in [1.82, 2.24) is 4.72 Å². The molecular weight excluding hydrogens is 320 g/mol. The molecule has 0 atom stereocenters. The van der Waals surface area contributed by atoms with Crippen LogP contribution in [0, 0.1) is 11.3 Å². The Balaban J connectivity index is 2.25. The third kappa shape index (κ3) is 3.99. The number of sulfonamides is 1. The van der Waals surface area contributed by atoms with Gasteiger partial charge in [-0.3, -0.25) is 4.79 Å². The summed E-state index contributed by atoms with van der Waals surface area (Å²) in [5.41, 5.74) is -0.397. The third-order valence-corrected chi connectivity index (χ3v) is 4.10. The van der Waals surface area contributed by atoms with Crippen molar-refractivity contribution >= 4 is 22.0 Å². The van der Waals surface area contributed by atoms with Crippen LogP contribution in [0.15, 0.2) is 57.5 Å². The number of methoxy groups -OCH3 is 1. The van der Waals surface area contributed by atoms with Gasteiger partial charge in [0.2, 0.25) is 0 Å². The van der Waals surface area contributed by atoms with E-state index in [0.29, 0.717) is 5.75 Å². The SMILES string of the molecule is COc1cccc(S(=O)(=O)NC(=O)C(C#N)=Cc2ccco2)c1. The van der Waals surface area contributed by atoms with Crippen molar-refractivity contribution in [3.8, 4) is 11.8 Å². The number of hydrogen-bond acceptors (Lipinski definition) is 6. The maximum atomic E-state index is 12.2. The number of nitriles is 1. The van der Waals surface area contributed by atoms with Gasteiger partial charge in [0.1, 0.15) is 23.2 Å². The molecule has 0 aliphatic carbocycles. The Morgan fingerprint density at radius 3 is 2.74 bits per heavy atom. The summed E-state index contributed by atoms with van der Waals surface area (Å²) in [6.45, 7) is 0. The molecular formula is C15H12N2O5S. The number of benzene rings is 1. The fraction of sp³-hybridized carbons (Fsp3) is 0.0667. The van der Waals surface area contributed by atoms with Gasteiger partial charge in [0, 0.05) is 12.1 Å². The van der Waals surface area contributed by atoms with Gasteiger partial charge in [-0.25, -0.2) is 13.1 Å². The molecule has 1 aromatic heterocycles. The van der Waals surface area contributed by atoms with Crippen molar-refractivity contribution in [3.63, 3.8) is 0 Å². The standard InChI is InChI=1S/C15H12N2O5S/c1-21-12-4-2-6-14(9-12)23(19,20)17-15(18)11(10-16)8-13-5-3-7-22-13/h2-9H,1H3,(H,17,18). The molecule has 0 saturated heterocycles. The zero-order chi connectivity index (χ0) is 16.9. The van der Waals surface area contributed by atoms with E-state index in [1.807, 2.05) is 4.72 Å². The highest BCUT2D eigenvalue weighted by molar-refractivity contribution is 7.90. The summed E-state index contributed by atoms with van der Waals surface area (Å²) in [6.07, 6.45) is 2.52. The van der Waals surface area contributed by atoms with Crippen molar-refractivity contribution in [2.24, 2.45) is 0 Å². The minimum atomic E-state index is -4.13.